The summed E-state index contributed by atoms with van der Waals surface area (Å²) >= 11 is 0. The summed E-state index contributed by atoms with van der Waals surface area (Å²) in [6, 6.07) is 4.28. The van der Waals surface area contributed by atoms with Crippen molar-refractivity contribution in [2.24, 2.45) is 0 Å². The number of imidazole rings is 1. The summed E-state index contributed by atoms with van der Waals surface area (Å²) in [6.07, 6.45) is 6.97. The zero-order valence-corrected chi connectivity index (χ0v) is 8.99. The average molecular weight is 188 g/mol. The maximum atomic E-state index is 4.17. The second kappa shape index (κ2) is 3.12. The van der Waals surface area contributed by atoms with Crippen molar-refractivity contribution in [3.63, 3.8) is 0 Å². The first-order chi connectivity index (χ1) is 6.65. The topological polar surface area (TPSA) is 17.3 Å². The Labute approximate surface area is 84.6 Å². The molecule has 0 aliphatic carbocycles. The Bertz CT molecular complexity index is 440. The summed E-state index contributed by atoms with van der Waals surface area (Å²) in [5.41, 5.74) is 2.82. The Morgan fingerprint density at radius 2 is 2.21 bits per heavy atom. The van der Waals surface area contributed by atoms with Crippen LogP contribution < -0.4 is 0 Å². The van der Waals surface area contributed by atoms with Crippen molar-refractivity contribution in [2.75, 3.05) is 0 Å². The first-order valence-electron chi connectivity index (χ1n) is 5.06. The number of rotatable bonds is 2. The van der Waals surface area contributed by atoms with Gasteiger partial charge in [-0.25, -0.2) is 4.98 Å². The number of aromatic nitrogens is 2. The van der Waals surface area contributed by atoms with E-state index in [1.807, 2.05) is 18.7 Å². The summed E-state index contributed by atoms with van der Waals surface area (Å²) in [5, 5.41) is 0. The fourth-order valence-corrected chi connectivity index (χ4v) is 1.71. The lowest BCUT2D eigenvalue weighted by atomic mass is 9.82. The molecule has 2 aromatic heterocycles. The maximum absolute atomic E-state index is 4.17. The number of nitrogens with zero attached hydrogens (tertiary/aromatic N) is 2. The summed E-state index contributed by atoms with van der Waals surface area (Å²) < 4.78 is 2.08. The molecule has 0 saturated carbocycles. The highest BCUT2D eigenvalue weighted by Gasteiger charge is 2.20. The van der Waals surface area contributed by atoms with Crippen molar-refractivity contribution < 1.29 is 0 Å². The zero-order chi connectivity index (χ0) is 10.2. The van der Waals surface area contributed by atoms with E-state index in [2.05, 4.69) is 42.3 Å². The summed E-state index contributed by atoms with van der Waals surface area (Å²) in [5.74, 6) is 0. The normalized spacial score (nSPS) is 12.2. The van der Waals surface area contributed by atoms with E-state index in [0.717, 1.165) is 6.42 Å². The van der Waals surface area contributed by atoms with Gasteiger partial charge in [0.1, 0.15) is 0 Å². The second-order valence-corrected chi connectivity index (χ2v) is 4.35. The van der Waals surface area contributed by atoms with Crippen LogP contribution in [0.3, 0.4) is 0 Å². The molecule has 0 aliphatic heterocycles. The lowest BCUT2D eigenvalue weighted by molar-refractivity contribution is 0.509. The molecule has 2 heterocycles. The zero-order valence-electron chi connectivity index (χ0n) is 8.99. The van der Waals surface area contributed by atoms with Gasteiger partial charge in [-0.3, -0.25) is 0 Å². The van der Waals surface area contributed by atoms with Crippen LogP contribution in [0.5, 0.6) is 0 Å². The Balaban J connectivity index is 2.67. The van der Waals surface area contributed by atoms with Crippen molar-refractivity contribution in [3.8, 4) is 0 Å². The standard InChI is InChI=1S/C12H16N2/c1-4-12(2,3)10-6-5-7-14-9-13-8-11(10)14/h5-9H,4H2,1-3H3. The Hall–Kier alpha value is -1.31. The van der Waals surface area contributed by atoms with Crippen LogP contribution in [0.1, 0.15) is 32.8 Å². The molecule has 0 saturated heterocycles. The molecule has 0 aliphatic rings. The van der Waals surface area contributed by atoms with Gasteiger partial charge in [-0.1, -0.05) is 26.8 Å². The Morgan fingerprint density at radius 1 is 1.43 bits per heavy atom. The van der Waals surface area contributed by atoms with Gasteiger partial charge in [0.25, 0.3) is 0 Å². The lowest BCUT2D eigenvalue weighted by Crippen LogP contribution is -2.16. The number of hydrogen-bond donors (Lipinski definition) is 0. The molecule has 0 radical (unpaired) electrons. The minimum absolute atomic E-state index is 0.225. The van der Waals surface area contributed by atoms with Crippen molar-refractivity contribution in [1.29, 1.82) is 0 Å². The predicted octanol–water partition coefficient (Wildman–Crippen LogP) is 3.02. The van der Waals surface area contributed by atoms with Crippen LogP contribution in [0.4, 0.5) is 0 Å². The molecule has 0 bridgehead atoms. The maximum Gasteiger partial charge on any atom is 0.0992 e. The monoisotopic (exact) mass is 188 g/mol. The van der Waals surface area contributed by atoms with Gasteiger partial charge >= 0.3 is 0 Å². The number of fused-ring (bicyclic) bond motifs is 1. The van der Waals surface area contributed by atoms with Crippen molar-refractivity contribution >= 4 is 5.52 Å². The van der Waals surface area contributed by atoms with Crippen LogP contribution in [-0.4, -0.2) is 9.38 Å². The van der Waals surface area contributed by atoms with Gasteiger partial charge < -0.3 is 4.40 Å². The van der Waals surface area contributed by atoms with Crippen LogP contribution >= 0.6 is 0 Å². The highest BCUT2D eigenvalue weighted by Crippen LogP contribution is 2.29. The fraction of sp³-hybridized carbons (Fsp3) is 0.417. The molecule has 2 rings (SSSR count). The smallest absolute Gasteiger partial charge is 0.0992 e. The average Bonchev–Trinajstić information content (AvgIpc) is 2.64. The van der Waals surface area contributed by atoms with E-state index in [1.165, 1.54) is 11.1 Å². The van der Waals surface area contributed by atoms with Gasteiger partial charge in [0, 0.05) is 6.20 Å². The number of pyridine rings is 1. The molecule has 0 atom stereocenters. The SMILES string of the molecule is CCC(C)(C)c1cccn2cncc12. The minimum atomic E-state index is 0.225. The van der Waals surface area contributed by atoms with E-state index in [0.29, 0.717) is 0 Å². The molecule has 2 aromatic rings. The van der Waals surface area contributed by atoms with Gasteiger partial charge in [0.15, 0.2) is 0 Å². The molecule has 74 valence electrons. The minimum Gasteiger partial charge on any atom is -0.306 e. The summed E-state index contributed by atoms with van der Waals surface area (Å²) in [4.78, 5) is 4.17. The highest BCUT2D eigenvalue weighted by molar-refractivity contribution is 5.56. The van der Waals surface area contributed by atoms with Crippen LogP contribution in [0.25, 0.3) is 5.52 Å². The first kappa shape index (κ1) is 9.25. The van der Waals surface area contributed by atoms with Gasteiger partial charge in [-0.15, -0.1) is 0 Å². The van der Waals surface area contributed by atoms with E-state index in [9.17, 15) is 0 Å². The molecule has 2 heteroatoms. The third-order valence-electron chi connectivity index (χ3n) is 3.06. The Kier molecular flexibility index (Phi) is 2.06. The molecular formula is C12H16N2. The second-order valence-electron chi connectivity index (χ2n) is 4.35. The highest BCUT2D eigenvalue weighted by atomic mass is 15.0. The predicted molar refractivity (Wildman–Crippen MR) is 58.5 cm³/mol. The quantitative estimate of drug-likeness (QED) is 0.708. The molecule has 14 heavy (non-hydrogen) atoms. The summed E-state index contributed by atoms with van der Waals surface area (Å²) in [6.45, 7) is 6.77. The van der Waals surface area contributed by atoms with Gasteiger partial charge in [0.2, 0.25) is 0 Å². The largest absolute Gasteiger partial charge is 0.306 e. The molecule has 0 amide bonds. The van der Waals surface area contributed by atoms with E-state index >= 15 is 0 Å². The molecule has 0 spiro atoms. The van der Waals surface area contributed by atoms with Crippen molar-refractivity contribution in [3.05, 3.63) is 36.4 Å². The van der Waals surface area contributed by atoms with Crippen molar-refractivity contribution in [2.45, 2.75) is 32.6 Å². The molecule has 0 aromatic carbocycles. The molecule has 2 nitrogen and oxygen atoms in total. The third-order valence-corrected chi connectivity index (χ3v) is 3.06. The molecule has 0 unspecified atom stereocenters. The van der Waals surface area contributed by atoms with E-state index in [4.69, 9.17) is 0 Å². The molecule has 0 fully saturated rings. The van der Waals surface area contributed by atoms with Crippen LogP contribution in [-0.2, 0) is 5.41 Å². The first-order valence-corrected chi connectivity index (χ1v) is 5.06. The molecular weight excluding hydrogens is 172 g/mol. The van der Waals surface area contributed by atoms with Crippen LogP contribution in [0, 0.1) is 0 Å². The molecule has 0 N–H and O–H groups in total. The van der Waals surface area contributed by atoms with Crippen LogP contribution in [0.2, 0.25) is 0 Å². The Morgan fingerprint density at radius 3 is 2.93 bits per heavy atom. The van der Waals surface area contributed by atoms with E-state index < -0.39 is 0 Å². The van der Waals surface area contributed by atoms with Crippen molar-refractivity contribution in [1.82, 2.24) is 9.38 Å². The van der Waals surface area contributed by atoms with E-state index in [-0.39, 0.29) is 5.41 Å². The third kappa shape index (κ3) is 1.31. The fourth-order valence-electron chi connectivity index (χ4n) is 1.71. The van der Waals surface area contributed by atoms with Gasteiger partial charge in [-0.05, 0) is 23.5 Å². The van der Waals surface area contributed by atoms with Gasteiger partial charge in [0.05, 0.1) is 18.0 Å². The van der Waals surface area contributed by atoms with Crippen LogP contribution in [0.15, 0.2) is 30.9 Å². The van der Waals surface area contributed by atoms with E-state index in [1.54, 1.807) is 0 Å². The van der Waals surface area contributed by atoms with Gasteiger partial charge in [-0.2, -0.15) is 0 Å². The number of hydrogen-bond acceptors (Lipinski definition) is 1. The lowest BCUT2D eigenvalue weighted by Gasteiger charge is -2.23. The summed E-state index contributed by atoms with van der Waals surface area (Å²) in [7, 11) is 0.